The summed E-state index contributed by atoms with van der Waals surface area (Å²) in [6.45, 7) is 5.76. The van der Waals surface area contributed by atoms with Gasteiger partial charge >= 0.3 is 0 Å². The van der Waals surface area contributed by atoms with Crippen LogP contribution in [0, 0.1) is 11.3 Å². The molecule has 0 saturated heterocycles. The highest BCUT2D eigenvalue weighted by Gasteiger charge is 2.36. The number of para-hydroxylation sites is 1. The molecular weight excluding hydrogens is 618 g/mol. The van der Waals surface area contributed by atoms with Crippen LogP contribution in [0.4, 0.5) is 0 Å². The summed E-state index contributed by atoms with van der Waals surface area (Å²) in [6, 6.07) is 23.0. The van der Waals surface area contributed by atoms with Gasteiger partial charge in [0.1, 0.15) is 17.3 Å². The first-order chi connectivity index (χ1) is 22.7. The van der Waals surface area contributed by atoms with Gasteiger partial charge in [-0.05, 0) is 60.5 Å². The molecule has 0 spiro atoms. The van der Waals surface area contributed by atoms with E-state index in [0.717, 1.165) is 10.6 Å². The molecule has 0 radical (unpaired) electrons. The molecule has 12 heteroatoms. The topological polar surface area (TPSA) is 135 Å². The Morgan fingerprint density at radius 2 is 1.70 bits per heavy atom. The average Bonchev–Trinajstić information content (AvgIpc) is 3.73. The van der Waals surface area contributed by atoms with Crippen molar-refractivity contribution < 1.29 is 27.5 Å². The van der Waals surface area contributed by atoms with Crippen molar-refractivity contribution in [3.8, 4) is 34.5 Å². The first kappa shape index (κ1) is 31.5. The first-order valence-electron chi connectivity index (χ1n) is 15.0. The van der Waals surface area contributed by atoms with E-state index in [1.807, 2.05) is 36.4 Å². The second-order valence-electron chi connectivity index (χ2n) is 10.9. The van der Waals surface area contributed by atoms with E-state index < -0.39 is 21.8 Å². The zero-order valence-corrected chi connectivity index (χ0v) is 26.8. The Labute approximate surface area is 272 Å². The van der Waals surface area contributed by atoms with Crippen molar-refractivity contribution >= 4 is 27.9 Å². The van der Waals surface area contributed by atoms with Gasteiger partial charge < -0.3 is 9.47 Å². The van der Waals surface area contributed by atoms with Crippen molar-refractivity contribution in [1.82, 2.24) is 19.0 Å². The third-order valence-electron chi connectivity index (χ3n) is 8.12. The van der Waals surface area contributed by atoms with Gasteiger partial charge in [-0.2, -0.15) is 14.7 Å². The fraction of sp³-hybridized carbons (Fsp3) is 0.200. The molecule has 238 valence electrons. The van der Waals surface area contributed by atoms with E-state index in [1.54, 1.807) is 80.2 Å². The minimum atomic E-state index is -3.77. The molecule has 0 aliphatic carbocycles. The molecule has 47 heavy (non-hydrogen) atoms. The van der Waals surface area contributed by atoms with E-state index in [-0.39, 0.29) is 35.0 Å². The predicted molar refractivity (Wildman–Crippen MR) is 174 cm³/mol. The third kappa shape index (κ3) is 5.82. The molecule has 2 aliphatic rings. The molecule has 0 unspecified atom stereocenters. The summed E-state index contributed by atoms with van der Waals surface area (Å²) in [5.41, 5.74) is 3.00. The molecule has 11 nitrogen and oxygen atoms in total. The molecule has 2 amide bonds. The zero-order chi connectivity index (χ0) is 33.3. The Balaban J connectivity index is 1.47. The summed E-state index contributed by atoms with van der Waals surface area (Å²) in [6.07, 6.45) is 3.33. The van der Waals surface area contributed by atoms with Crippen LogP contribution < -0.4 is 9.47 Å². The van der Waals surface area contributed by atoms with E-state index >= 15 is 0 Å². The SMILES string of the molecule is CCN(CC)S(=O)(=O)c1cccc(-c2nn(-c3ccccc3)cc2/C=C2/C(=O)N(Cc3ccc4c(c3)OCO4)C(=O)C(C#N)=C2C)c1. The van der Waals surface area contributed by atoms with Crippen LogP contribution in [0.1, 0.15) is 31.9 Å². The largest absolute Gasteiger partial charge is 0.454 e. The molecule has 4 aromatic rings. The molecule has 1 aromatic heterocycles. The number of ether oxygens (including phenoxy) is 2. The fourth-order valence-electron chi connectivity index (χ4n) is 5.60. The van der Waals surface area contributed by atoms with Gasteiger partial charge in [-0.3, -0.25) is 14.5 Å². The fourth-order valence-corrected chi connectivity index (χ4v) is 7.10. The lowest BCUT2D eigenvalue weighted by atomic mass is 9.93. The highest BCUT2D eigenvalue weighted by Crippen LogP contribution is 2.35. The molecular formula is C35H31N5O6S. The van der Waals surface area contributed by atoms with Gasteiger partial charge in [-0.1, -0.05) is 50.2 Å². The van der Waals surface area contributed by atoms with E-state index in [9.17, 15) is 23.3 Å². The second-order valence-corrected chi connectivity index (χ2v) is 12.8. The van der Waals surface area contributed by atoms with Gasteiger partial charge in [0.05, 0.1) is 17.1 Å². The van der Waals surface area contributed by atoms with Crippen LogP contribution >= 0.6 is 0 Å². The van der Waals surface area contributed by atoms with Crippen molar-refractivity contribution in [3.63, 3.8) is 0 Å². The number of nitrogens with zero attached hydrogens (tertiary/aromatic N) is 5. The van der Waals surface area contributed by atoms with E-state index in [1.165, 1.54) is 4.31 Å². The zero-order valence-electron chi connectivity index (χ0n) is 26.0. The molecule has 3 aromatic carbocycles. The number of fused-ring (bicyclic) bond motifs is 1. The summed E-state index contributed by atoms with van der Waals surface area (Å²) < 4.78 is 40.6. The van der Waals surface area contributed by atoms with Crippen LogP contribution in [-0.2, 0) is 26.2 Å². The number of nitriles is 1. The number of sulfonamides is 1. The van der Waals surface area contributed by atoms with E-state index in [2.05, 4.69) is 0 Å². The smallest absolute Gasteiger partial charge is 0.271 e. The number of hydrogen-bond acceptors (Lipinski definition) is 8. The Hall–Kier alpha value is -5.51. The number of carbonyl (C=O) groups excluding carboxylic acids is 2. The average molecular weight is 650 g/mol. The molecule has 2 aliphatic heterocycles. The van der Waals surface area contributed by atoms with E-state index in [0.29, 0.717) is 47.0 Å². The van der Waals surface area contributed by atoms with E-state index in [4.69, 9.17) is 14.6 Å². The lowest BCUT2D eigenvalue weighted by molar-refractivity contribution is -0.141. The molecule has 0 bridgehead atoms. The summed E-state index contributed by atoms with van der Waals surface area (Å²) in [4.78, 5) is 28.6. The van der Waals surface area contributed by atoms with Crippen LogP contribution in [0.2, 0.25) is 0 Å². The number of amides is 2. The third-order valence-corrected chi connectivity index (χ3v) is 10.2. The van der Waals surface area contributed by atoms with Gasteiger partial charge in [0.2, 0.25) is 16.8 Å². The van der Waals surface area contributed by atoms with Gasteiger partial charge in [0.25, 0.3) is 11.8 Å². The standard InChI is InChI=1S/C35H31N5O6S/c1-4-38(5-2)47(43,44)28-13-9-10-25(17-28)33-26(21-40(37-33)27-11-7-6-8-12-27)18-29-23(3)30(19-36)35(42)39(34(29)41)20-24-14-15-31-32(16-24)46-22-45-31/h6-18,21H,4-5,20,22H2,1-3H3/b29-18+. The quantitative estimate of drug-likeness (QED) is 0.181. The summed E-state index contributed by atoms with van der Waals surface area (Å²) in [5, 5.41) is 14.8. The molecule has 0 fully saturated rings. The van der Waals surface area contributed by atoms with Gasteiger partial charge in [0.15, 0.2) is 11.5 Å². The van der Waals surface area contributed by atoms with Crippen molar-refractivity contribution in [3.05, 3.63) is 107 Å². The number of aromatic nitrogens is 2. The Kier molecular flexibility index (Phi) is 8.51. The highest BCUT2D eigenvalue weighted by atomic mass is 32.2. The van der Waals surface area contributed by atoms with Gasteiger partial charge in [0, 0.05) is 36.0 Å². The molecule has 3 heterocycles. The van der Waals surface area contributed by atoms with Crippen molar-refractivity contribution in [2.24, 2.45) is 0 Å². The van der Waals surface area contributed by atoms with Crippen LogP contribution in [0.15, 0.2) is 101 Å². The maximum Gasteiger partial charge on any atom is 0.271 e. The van der Waals surface area contributed by atoms with Crippen molar-refractivity contribution in [2.75, 3.05) is 19.9 Å². The Morgan fingerprint density at radius 1 is 0.957 bits per heavy atom. The predicted octanol–water partition coefficient (Wildman–Crippen LogP) is 5.09. The van der Waals surface area contributed by atoms with Gasteiger partial charge in [-0.25, -0.2) is 13.1 Å². The van der Waals surface area contributed by atoms with Crippen LogP contribution in [0.3, 0.4) is 0 Å². The lowest BCUT2D eigenvalue weighted by Gasteiger charge is -2.27. The number of benzene rings is 3. The number of carbonyl (C=O) groups is 2. The Morgan fingerprint density at radius 3 is 2.43 bits per heavy atom. The summed E-state index contributed by atoms with van der Waals surface area (Å²) in [7, 11) is -3.77. The maximum atomic E-state index is 14.0. The minimum Gasteiger partial charge on any atom is -0.454 e. The van der Waals surface area contributed by atoms with Gasteiger partial charge in [-0.15, -0.1) is 0 Å². The number of rotatable bonds is 9. The van der Waals surface area contributed by atoms with Crippen LogP contribution in [0.25, 0.3) is 23.0 Å². The monoisotopic (exact) mass is 649 g/mol. The van der Waals surface area contributed by atoms with Crippen molar-refractivity contribution in [2.45, 2.75) is 32.2 Å². The summed E-state index contributed by atoms with van der Waals surface area (Å²) in [5.74, 6) is -0.207. The number of imide groups is 1. The highest BCUT2D eigenvalue weighted by molar-refractivity contribution is 7.89. The minimum absolute atomic E-state index is 0.0804. The number of hydrogen-bond donors (Lipinski definition) is 0. The van der Waals surface area contributed by atoms with Crippen LogP contribution in [-0.4, -0.2) is 59.1 Å². The summed E-state index contributed by atoms with van der Waals surface area (Å²) >= 11 is 0. The maximum absolute atomic E-state index is 14.0. The molecule has 6 rings (SSSR count). The Bertz CT molecular complexity index is 2110. The molecule has 0 atom stereocenters. The lowest BCUT2D eigenvalue weighted by Crippen LogP contribution is -2.42. The van der Waals surface area contributed by atoms with Crippen molar-refractivity contribution in [1.29, 1.82) is 5.26 Å². The molecule has 0 saturated carbocycles. The molecule has 0 N–H and O–H groups in total. The second kappa shape index (κ2) is 12.7. The first-order valence-corrected chi connectivity index (χ1v) is 16.4. The van der Waals surface area contributed by atoms with Crippen LogP contribution in [0.5, 0.6) is 11.5 Å². The normalized spacial score (nSPS) is 15.6.